The molecule has 0 saturated carbocycles. The molecule has 0 fully saturated rings. The first-order valence-electron chi connectivity index (χ1n) is 8.13. The van der Waals surface area contributed by atoms with Gasteiger partial charge in [-0.15, -0.1) is 0 Å². The van der Waals surface area contributed by atoms with Crippen molar-refractivity contribution in [2.45, 2.75) is 97.0 Å². The van der Waals surface area contributed by atoms with Gasteiger partial charge in [0, 0.05) is 0 Å². The summed E-state index contributed by atoms with van der Waals surface area (Å²) >= 11 is 0. The van der Waals surface area contributed by atoms with Gasteiger partial charge in [-0.25, -0.2) is 8.42 Å². The van der Waals surface area contributed by atoms with Gasteiger partial charge in [0.1, 0.15) is 0 Å². The number of hydrogen-bond acceptors (Lipinski definition) is 4. The molecular weight excluding hydrogens is 299 g/mol. The standard InChI is InChI=1S/C15H32O4S.Na/c1-3-5-6-7-8-9-10-11-12-13-14-15(4-2)19-20(16,17)18;/h15H,3-14H2,1-2H3,(H,16,17,18);/q;+1/p-1. The summed E-state index contributed by atoms with van der Waals surface area (Å²) in [5.74, 6) is 0. The van der Waals surface area contributed by atoms with Crippen LogP contribution in [0.25, 0.3) is 0 Å². The Kier molecular flexibility index (Phi) is 18.1. The van der Waals surface area contributed by atoms with Crippen LogP contribution in [0.2, 0.25) is 0 Å². The fraction of sp³-hybridized carbons (Fsp3) is 1.00. The molecule has 0 heterocycles. The van der Waals surface area contributed by atoms with Gasteiger partial charge in [-0.2, -0.15) is 0 Å². The first-order chi connectivity index (χ1) is 9.49. The predicted octanol–water partition coefficient (Wildman–Crippen LogP) is 1.56. The molecule has 0 aromatic heterocycles. The van der Waals surface area contributed by atoms with Crippen molar-refractivity contribution in [3.63, 3.8) is 0 Å². The monoisotopic (exact) mass is 330 g/mol. The van der Waals surface area contributed by atoms with Gasteiger partial charge in [-0.1, -0.05) is 78.1 Å². The van der Waals surface area contributed by atoms with E-state index in [0.717, 1.165) is 12.8 Å². The molecule has 0 aromatic carbocycles. The second-order valence-corrected chi connectivity index (χ2v) is 6.51. The Morgan fingerprint density at radius 1 is 0.857 bits per heavy atom. The van der Waals surface area contributed by atoms with Crippen LogP contribution >= 0.6 is 0 Å². The maximum Gasteiger partial charge on any atom is 1.00 e. The van der Waals surface area contributed by atoms with Crippen molar-refractivity contribution in [2.24, 2.45) is 0 Å². The van der Waals surface area contributed by atoms with Crippen LogP contribution in [0.3, 0.4) is 0 Å². The van der Waals surface area contributed by atoms with Crippen molar-refractivity contribution < 1.29 is 46.7 Å². The minimum Gasteiger partial charge on any atom is -0.726 e. The zero-order chi connectivity index (χ0) is 15.3. The van der Waals surface area contributed by atoms with Gasteiger partial charge in [0.25, 0.3) is 0 Å². The van der Waals surface area contributed by atoms with Gasteiger partial charge in [0.05, 0.1) is 6.10 Å². The molecule has 21 heavy (non-hydrogen) atoms. The third kappa shape index (κ3) is 18.8. The molecule has 0 aliphatic heterocycles. The minimum atomic E-state index is -4.55. The molecule has 0 rings (SSSR count). The molecule has 0 spiro atoms. The van der Waals surface area contributed by atoms with Crippen molar-refractivity contribution in [1.82, 2.24) is 0 Å². The molecule has 0 aromatic rings. The first kappa shape index (κ1) is 24.1. The smallest absolute Gasteiger partial charge is 0.726 e. The van der Waals surface area contributed by atoms with Crippen LogP contribution in [0.5, 0.6) is 0 Å². The van der Waals surface area contributed by atoms with Gasteiger partial charge < -0.3 is 4.55 Å². The largest absolute Gasteiger partial charge is 1.00 e. The van der Waals surface area contributed by atoms with E-state index in [0.29, 0.717) is 12.8 Å². The maximum atomic E-state index is 10.5. The zero-order valence-corrected chi connectivity index (χ0v) is 16.9. The van der Waals surface area contributed by atoms with Crippen molar-refractivity contribution in [1.29, 1.82) is 0 Å². The summed E-state index contributed by atoms with van der Waals surface area (Å²) in [6, 6.07) is 0. The van der Waals surface area contributed by atoms with Gasteiger partial charge in [-0.05, 0) is 12.8 Å². The van der Waals surface area contributed by atoms with Crippen LogP contribution in [0, 0.1) is 0 Å². The van der Waals surface area contributed by atoms with E-state index in [1.54, 1.807) is 0 Å². The summed E-state index contributed by atoms with van der Waals surface area (Å²) in [6.07, 6.45) is 13.2. The molecule has 0 bridgehead atoms. The molecule has 0 saturated heterocycles. The quantitative estimate of drug-likeness (QED) is 0.210. The Balaban J connectivity index is 0. The molecule has 0 aliphatic carbocycles. The number of rotatable bonds is 14. The van der Waals surface area contributed by atoms with Crippen LogP contribution in [-0.2, 0) is 14.6 Å². The van der Waals surface area contributed by atoms with Gasteiger partial charge in [0.2, 0.25) is 10.4 Å². The van der Waals surface area contributed by atoms with Crippen molar-refractivity contribution in [3.05, 3.63) is 0 Å². The zero-order valence-electron chi connectivity index (χ0n) is 14.1. The maximum absolute atomic E-state index is 10.5. The summed E-state index contributed by atoms with van der Waals surface area (Å²) in [5, 5.41) is 0. The topological polar surface area (TPSA) is 66.4 Å². The van der Waals surface area contributed by atoms with E-state index in [-0.39, 0.29) is 29.6 Å². The Morgan fingerprint density at radius 3 is 1.67 bits per heavy atom. The number of unbranched alkanes of at least 4 members (excludes halogenated alkanes) is 9. The van der Waals surface area contributed by atoms with E-state index in [1.807, 2.05) is 6.92 Å². The van der Waals surface area contributed by atoms with Crippen LogP contribution in [-0.4, -0.2) is 19.1 Å². The van der Waals surface area contributed by atoms with E-state index in [1.165, 1.54) is 51.4 Å². The average Bonchev–Trinajstić information content (AvgIpc) is 2.38. The van der Waals surface area contributed by atoms with Gasteiger partial charge in [0.15, 0.2) is 0 Å². The van der Waals surface area contributed by atoms with E-state index in [9.17, 15) is 13.0 Å². The normalized spacial score (nSPS) is 12.9. The molecule has 6 heteroatoms. The fourth-order valence-electron chi connectivity index (χ4n) is 2.35. The SMILES string of the molecule is CCCCCCCCCCCCC(CC)OS(=O)(=O)[O-].[Na+]. The van der Waals surface area contributed by atoms with E-state index in [2.05, 4.69) is 11.1 Å². The van der Waals surface area contributed by atoms with Crippen molar-refractivity contribution in [3.8, 4) is 0 Å². The molecule has 0 N–H and O–H groups in total. The van der Waals surface area contributed by atoms with E-state index >= 15 is 0 Å². The Morgan fingerprint density at radius 2 is 1.29 bits per heavy atom. The molecule has 1 atom stereocenters. The molecule has 1 unspecified atom stereocenters. The summed E-state index contributed by atoms with van der Waals surface area (Å²) in [5.41, 5.74) is 0. The Hall–Kier alpha value is 0.870. The fourth-order valence-corrected chi connectivity index (χ4v) is 2.91. The van der Waals surface area contributed by atoms with Crippen LogP contribution in [0.15, 0.2) is 0 Å². The second kappa shape index (κ2) is 15.8. The third-order valence-corrected chi connectivity index (χ3v) is 4.10. The summed E-state index contributed by atoms with van der Waals surface area (Å²) in [6.45, 7) is 4.07. The predicted molar refractivity (Wildman–Crippen MR) is 81.3 cm³/mol. The van der Waals surface area contributed by atoms with Crippen LogP contribution in [0.1, 0.15) is 90.9 Å². The average molecular weight is 330 g/mol. The Bertz CT molecular complexity index is 307. The van der Waals surface area contributed by atoms with Crippen LogP contribution in [0.4, 0.5) is 0 Å². The van der Waals surface area contributed by atoms with Gasteiger partial charge >= 0.3 is 29.6 Å². The van der Waals surface area contributed by atoms with Gasteiger partial charge in [-0.3, -0.25) is 4.18 Å². The molecular formula is C15H31NaO4S. The molecule has 0 aliphatic rings. The summed E-state index contributed by atoms with van der Waals surface area (Å²) in [7, 11) is -4.55. The van der Waals surface area contributed by atoms with Crippen molar-refractivity contribution in [2.75, 3.05) is 0 Å². The molecule has 122 valence electrons. The number of hydrogen-bond donors (Lipinski definition) is 0. The molecule has 4 nitrogen and oxygen atoms in total. The molecule has 0 radical (unpaired) electrons. The van der Waals surface area contributed by atoms with E-state index in [4.69, 9.17) is 0 Å². The summed E-state index contributed by atoms with van der Waals surface area (Å²) in [4.78, 5) is 0. The minimum absolute atomic E-state index is 0. The summed E-state index contributed by atoms with van der Waals surface area (Å²) < 4.78 is 36.0. The Labute approximate surface area is 153 Å². The van der Waals surface area contributed by atoms with E-state index < -0.39 is 16.5 Å². The second-order valence-electron chi connectivity index (χ2n) is 5.51. The van der Waals surface area contributed by atoms with Crippen molar-refractivity contribution >= 4 is 10.4 Å². The molecule has 0 amide bonds. The van der Waals surface area contributed by atoms with Crippen LogP contribution < -0.4 is 29.6 Å². The third-order valence-electron chi connectivity index (χ3n) is 3.59. The first-order valence-corrected chi connectivity index (χ1v) is 9.47.